The van der Waals surface area contributed by atoms with E-state index in [1.165, 1.54) is 19.3 Å². The maximum absolute atomic E-state index is 13.5. The predicted octanol–water partition coefficient (Wildman–Crippen LogP) is 3.57. The van der Waals surface area contributed by atoms with Crippen molar-refractivity contribution in [3.05, 3.63) is 67.3 Å². The fraction of sp³-hybridized carbons (Fsp3) is 0.286. The third-order valence-electron chi connectivity index (χ3n) is 4.54. The van der Waals surface area contributed by atoms with Crippen LogP contribution in [-0.4, -0.2) is 17.9 Å². The SMILES string of the molecule is CCCCCC/C=C/[C](=O)[Ge]([c]1ccco1)([c]1ccco1)[c]1ccco1. The fourth-order valence-electron chi connectivity index (χ4n) is 3.21. The van der Waals surface area contributed by atoms with E-state index in [2.05, 4.69) is 6.92 Å². The molecule has 0 aliphatic carbocycles. The number of allylic oxidation sites excluding steroid dienone is 2. The van der Waals surface area contributed by atoms with Crippen LogP contribution in [-0.2, 0) is 4.79 Å². The van der Waals surface area contributed by atoms with Gasteiger partial charge in [-0.2, -0.15) is 0 Å². The van der Waals surface area contributed by atoms with Crippen molar-refractivity contribution in [2.75, 3.05) is 0 Å². The first-order chi connectivity index (χ1) is 12.8. The van der Waals surface area contributed by atoms with Gasteiger partial charge in [-0.3, -0.25) is 0 Å². The molecule has 0 saturated carbocycles. The van der Waals surface area contributed by atoms with Gasteiger partial charge in [0.25, 0.3) is 0 Å². The summed E-state index contributed by atoms with van der Waals surface area (Å²) in [6, 6.07) is 11.0. The Morgan fingerprint density at radius 3 is 1.85 bits per heavy atom. The van der Waals surface area contributed by atoms with Crippen LogP contribution in [0.4, 0.5) is 0 Å². The molecular formula is C21H24GeO4. The zero-order valence-corrected chi connectivity index (χ0v) is 17.1. The number of hydrogen-bond donors (Lipinski definition) is 0. The van der Waals surface area contributed by atoms with Crippen molar-refractivity contribution >= 4 is 31.7 Å². The van der Waals surface area contributed by atoms with E-state index in [0.29, 0.717) is 13.8 Å². The normalized spacial score (nSPS) is 12.0. The maximum atomic E-state index is 13.5. The van der Waals surface area contributed by atoms with Crippen molar-refractivity contribution in [3.8, 4) is 0 Å². The van der Waals surface area contributed by atoms with E-state index in [4.69, 9.17) is 13.3 Å². The zero-order valence-electron chi connectivity index (χ0n) is 15.0. The van der Waals surface area contributed by atoms with Gasteiger partial charge in [0.1, 0.15) is 0 Å². The molecule has 0 unspecified atom stereocenters. The Labute approximate surface area is 156 Å². The van der Waals surface area contributed by atoms with Gasteiger partial charge >= 0.3 is 156 Å². The van der Waals surface area contributed by atoms with E-state index >= 15 is 0 Å². The standard InChI is InChI=1S/C21H24GeO4/c1-2-3-4-5-6-7-11-18(23)22(19-12-8-15-24-19,20-13-9-16-25-20)21-14-10-17-26-21/h7-17H,2-6H2,1H3/b11-7+. The Bertz CT molecular complexity index is 714. The van der Waals surface area contributed by atoms with Gasteiger partial charge in [-0.05, 0) is 0 Å². The van der Waals surface area contributed by atoms with Gasteiger partial charge in [0, 0.05) is 0 Å². The Hall–Kier alpha value is -2.21. The van der Waals surface area contributed by atoms with Crippen molar-refractivity contribution in [1.82, 2.24) is 0 Å². The van der Waals surface area contributed by atoms with Crippen molar-refractivity contribution in [1.29, 1.82) is 0 Å². The average molecular weight is 413 g/mol. The van der Waals surface area contributed by atoms with Crippen LogP contribution in [0.2, 0.25) is 0 Å². The summed E-state index contributed by atoms with van der Waals surface area (Å²) in [5.74, 6) is 0. The Balaban J connectivity index is 1.96. The zero-order chi connectivity index (χ0) is 18.2. The molecule has 136 valence electrons. The van der Waals surface area contributed by atoms with Gasteiger partial charge in [-0.25, -0.2) is 0 Å². The molecule has 0 radical (unpaired) electrons. The Kier molecular flexibility index (Phi) is 6.39. The Morgan fingerprint density at radius 1 is 0.885 bits per heavy atom. The van der Waals surface area contributed by atoms with Crippen molar-refractivity contribution in [3.63, 3.8) is 0 Å². The summed E-state index contributed by atoms with van der Waals surface area (Å²) in [6.07, 6.45) is 14.1. The molecule has 0 aliphatic heterocycles. The van der Waals surface area contributed by atoms with Crippen molar-refractivity contribution in [2.24, 2.45) is 0 Å². The minimum absolute atomic E-state index is 0.0420. The molecular weight excluding hydrogens is 389 g/mol. The molecule has 3 rings (SSSR count). The summed E-state index contributed by atoms with van der Waals surface area (Å²) < 4.78 is 19.2. The monoisotopic (exact) mass is 414 g/mol. The molecule has 3 aromatic heterocycles. The average Bonchev–Trinajstić information content (AvgIpc) is 3.43. The Morgan fingerprint density at radius 2 is 1.42 bits per heavy atom. The van der Waals surface area contributed by atoms with Crippen LogP contribution in [0.1, 0.15) is 39.0 Å². The molecule has 0 aliphatic rings. The summed E-state index contributed by atoms with van der Waals surface area (Å²) in [5.41, 5.74) is 0. The molecule has 0 fully saturated rings. The van der Waals surface area contributed by atoms with Crippen molar-refractivity contribution in [2.45, 2.75) is 39.0 Å². The number of unbranched alkanes of at least 4 members (excludes halogenated alkanes) is 4. The van der Waals surface area contributed by atoms with E-state index < -0.39 is 13.3 Å². The second-order valence-corrected chi connectivity index (χ2v) is 13.6. The van der Waals surface area contributed by atoms with E-state index in [0.717, 1.165) is 12.8 Å². The first kappa shape index (κ1) is 18.6. The first-order valence-corrected chi connectivity index (χ1v) is 13.3. The topological polar surface area (TPSA) is 56.5 Å². The number of carbonyl (C=O) groups excluding carboxylic acids is 1. The molecule has 0 aromatic carbocycles. The number of furan rings is 3. The molecule has 3 aromatic rings. The second-order valence-electron chi connectivity index (χ2n) is 6.30. The van der Waals surface area contributed by atoms with Crippen LogP contribution >= 0.6 is 0 Å². The first-order valence-electron chi connectivity index (χ1n) is 9.13. The summed E-state index contributed by atoms with van der Waals surface area (Å²) >= 11 is -3.84. The van der Waals surface area contributed by atoms with Crippen LogP contribution < -0.4 is 13.8 Å². The molecule has 0 amide bonds. The molecule has 26 heavy (non-hydrogen) atoms. The van der Waals surface area contributed by atoms with Gasteiger partial charge < -0.3 is 0 Å². The van der Waals surface area contributed by atoms with Gasteiger partial charge in [-0.1, -0.05) is 0 Å². The van der Waals surface area contributed by atoms with Crippen molar-refractivity contribution < 1.29 is 18.0 Å². The molecule has 0 N–H and O–H groups in total. The van der Waals surface area contributed by atoms with Gasteiger partial charge in [0.05, 0.1) is 0 Å². The molecule has 5 heteroatoms. The van der Waals surface area contributed by atoms with Gasteiger partial charge in [0.2, 0.25) is 0 Å². The van der Waals surface area contributed by atoms with E-state index in [9.17, 15) is 4.79 Å². The molecule has 4 nitrogen and oxygen atoms in total. The third-order valence-corrected chi connectivity index (χ3v) is 12.9. The molecule has 0 spiro atoms. The van der Waals surface area contributed by atoms with Crippen LogP contribution in [0.15, 0.2) is 80.6 Å². The van der Waals surface area contributed by atoms with Crippen LogP contribution in [0.3, 0.4) is 0 Å². The number of hydrogen-bond acceptors (Lipinski definition) is 4. The molecule has 0 bridgehead atoms. The summed E-state index contributed by atoms with van der Waals surface area (Å²) in [4.78, 5) is 13.5. The van der Waals surface area contributed by atoms with E-state index in [1.807, 2.05) is 42.5 Å². The van der Waals surface area contributed by atoms with Crippen LogP contribution in [0, 0.1) is 0 Å². The van der Waals surface area contributed by atoms with E-state index in [-0.39, 0.29) is 4.62 Å². The third kappa shape index (κ3) is 3.65. The van der Waals surface area contributed by atoms with E-state index in [1.54, 1.807) is 24.9 Å². The van der Waals surface area contributed by atoms with Crippen LogP contribution in [0.25, 0.3) is 0 Å². The molecule has 0 saturated heterocycles. The quantitative estimate of drug-likeness (QED) is 0.290. The summed E-state index contributed by atoms with van der Waals surface area (Å²) in [7, 11) is 0. The number of carbonyl (C=O) groups is 1. The van der Waals surface area contributed by atoms with Gasteiger partial charge in [0.15, 0.2) is 0 Å². The van der Waals surface area contributed by atoms with Crippen LogP contribution in [0.5, 0.6) is 0 Å². The summed E-state index contributed by atoms with van der Waals surface area (Å²) in [6.45, 7) is 2.19. The van der Waals surface area contributed by atoms with Gasteiger partial charge in [-0.15, -0.1) is 0 Å². The predicted molar refractivity (Wildman–Crippen MR) is 104 cm³/mol. The summed E-state index contributed by atoms with van der Waals surface area (Å²) in [5, 5.41) is 0. The fourth-order valence-corrected chi connectivity index (χ4v) is 10.8. The number of rotatable bonds is 10. The molecule has 0 atom stereocenters. The second kappa shape index (κ2) is 8.94. The minimum atomic E-state index is -3.84. The molecule has 3 heterocycles.